The Bertz CT molecular complexity index is 941. The molecule has 8 atom stereocenters. The summed E-state index contributed by atoms with van der Waals surface area (Å²) in [5.74, 6) is 0.359. The molecular weight excluding hydrogens is 424 g/mol. The summed E-state index contributed by atoms with van der Waals surface area (Å²) in [5.41, 5.74) is 2.84. The Balaban J connectivity index is 1.66. The van der Waals surface area contributed by atoms with Crippen molar-refractivity contribution in [2.75, 3.05) is 0 Å². The molecule has 4 aliphatic rings. The molecule has 34 heavy (non-hydrogen) atoms. The van der Waals surface area contributed by atoms with Crippen molar-refractivity contribution >= 4 is 5.97 Å². The van der Waals surface area contributed by atoms with Crippen LogP contribution in [-0.2, 0) is 4.79 Å². The smallest absolute Gasteiger partial charge is 0.330 e. The molecule has 0 aromatic rings. The number of fused-ring (bicyclic) bond motifs is 5. The van der Waals surface area contributed by atoms with Crippen LogP contribution >= 0.6 is 0 Å². The molecule has 2 fully saturated rings. The summed E-state index contributed by atoms with van der Waals surface area (Å²) in [6.45, 7) is 15.5. The number of aliphatic carboxylic acids is 1. The normalized spacial score (nSPS) is 44.3. The average Bonchev–Trinajstić information content (AvgIpc) is 2.98. The zero-order chi connectivity index (χ0) is 25.3. The highest BCUT2D eigenvalue weighted by molar-refractivity contribution is 5.85. The monoisotopic (exact) mass is 470 g/mol. The fourth-order valence-electron chi connectivity index (χ4n) is 8.79. The Morgan fingerprint density at radius 2 is 1.79 bits per heavy atom. The van der Waals surface area contributed by atoms with Crippen molar-refractivity contribution in [2.45, 2.75) is 106 Å². The Labute approximate surface area is 206 Å². The molecule has 4 aliphatic carbocycles. The minimum Gasteiger partial charge on any atom is -0.478 e. The Morgan fingerprint density at radius 3 is 2.44 bits per heavy atom. The van der Waals surface area contributed by atoms with E-state index in [4.69, 9.17) is 5.11 Å². The zero-order valence-corrected chi connectivity index (χ0v) is 22.3. The molecule has 0 aliphatic heterocycles. The number of rotatable bonds is 5. The van der Waals surface area contributed by atoms with E-state index in [0.717, 1.165) is 44.9 Å². The van der Waals surface area contributed by atoms with Crippen molar-refractivity contribution in [1.82, 2.24) is 0 Å². The quantitative estimate of drug-likeness (QED) is 0.413. The number of carboxylic acid groups (broad SMARTS) is 1. The van der Waals surface area contributed by atoms with Gasteiger partial charge in [-0.15, -0.1) is 0 Å². The second-order valence-corrected chi connectivity index (χ2v) is 13.2. The molecule has 4 rings (SSSR count). The van der Waals surface area contributed by atoms with Gasteiger partial charge in [0.05, 0.1) is 12.2 Å². The van der Waals surface area contributed by atoms with Gasteiger partial charge in [-0.25, -0.2) is 4.79 Å². The second kappa shape index (κ2) is 8.34. The Kier molecular flexibility index (Phi) is 6.30. The lowest BCUT2D eigenvalue weighted by Gasteiger charge is -2.61. The Hall–Kier alpha value is -1.39. The predicted molar refractivity (Wildman–Crippen MR) is 136 cm³/mol. The number of aliphatic hydroxyl groups excluding tert-OH is 2. The number of hydrogen-bond donors (Lipinski definition) is 3. The van der Waals surface area contributed by atoms with Crippen LogP contribution < -0.4 is 0 Å². The third-order valence-corrected chi connectivity index (χ3v) is 11.5. The van der Waals surface area contributed by atoms with Crippen LogP contribution in [0.5, 0.6) is 0 Å². The molecule has 0 radical (unpaired) electrons. The molecule has 0 spiro atoms. The molecular formula is C30H46O4. The summed E-state index contributed by atoms with van der Waals surface area (Å²) in [5, 5.41) is 31.6. The van der Waals surface area contributed by atoms with Gasteiger partial charge in [-0.1, -0.05) is 59.8 Å². The first-order chi connectivity index (χ1) is 15.7. The van der Waals surface area contributed by atoms with Gasteiger partial charge in [0.2, 0.25) is 0 Å². The van der Waals surface area contributed by atoms with Crippen molar-refractivity contribution in [1.29, 1.82) is 0 Å². The molecule has 4 nitrogen and oxygen atoms in total. The maximum Gasteiger partial charge on any atom is 0.330 e. The van der Waals surface area contributed by atoms with Gasteiger partial charge in [-0.3, -0.25) is 0 Å². The van der Waals surface area contributed by atoms with Crippen molar-refractivity contribution in [3.63, 3.8) is 0 Å². The van der Waals surface area contributed by atoms with Gasteiger partial charge in [-0.05, 0) is 97.0 Å². The molecule has 0 heterocycles. The van der Waals surface area contributed by atoms with Gasteiger partial charge < -0.3 is 15.3 Å². The fraction of sp³-hybridized carbons (Fsp3) is 0.767. The van der Waals surface area contributed by atoms with E-state index in [1.807, 2.05) is 6.08 Å². The highest BCUT2D eigenvalue weighted by Crippen LogP contribution is 2.71. The average molecular weight is 471 g/mol. The van der Waals surface area contributed by atoms with Crippen LogP contribution in [0.4, 0.5) is 0 Å². The number of allylic oxidation sites excluding steroid dienone is 4. The van der Waals surface area contributed by atoms with E-state index in [1.54, 1.807) is 6.92 Å². The van der Waals surface area contributed by atoms with Crippen LogP contribution in [0.1, 0.15) is 93.4 Å². The summed E-state index contributed by atoms with van der Waals surface area (Å²) >= 11 is 0. The van der Waals surface area contributed by atoms with Crippen molar-refractivity contribution in [2.24, 2.45) is 39.4 Å². The van der Waals surface area contributed by atoms with Gasteiger partial charge in [0, 0.05) is 11.0 Å². The number of carbonyl (C=O) groups is 1. The molecule has 4 heteroatoms. The first-order valence-corrected chi connectivity index (χ1v) is 13.4. The predicted octanol–water partition coefficient (Wildman–Crippen LogP) is 6.29. The van der Waals surface area contributed by atoms with Crippen LogP contribution in [0.2, 0.25) is 0 Å². The van der Waals surface area contributed by atoms with E-state index in [1.165, 1.54) is 11.1 Å². The summed E-state index contributed by atoms with van der Waals surface area (Å²) in [6, 6.07) is 0. The third kappa shape index (κ3) is 3.42. The lowest BCUT2D eigenvalue weighted by atomic mass is 9.44. The van der Waals surface area contributed by atoms with E-state index >= 15 is 0 Å². The first kappa shape index (κ1) is 25.7. The molecule has 0 bridgehead atoms. The topological polar surface area (TPSA) is 77.8 Å². The van der Waals surface area contributed by atoms with Crippen molar-refractivity contribution in [3.8, 4) is 0 Å². The van der Waals surface area contributed by atoms with E-state index in [2.05, 4.69) is 53.7 Å². The standard InChI is InChI=1S/C30H46O4/c1-18(9-8-10-19(2)26(33)34)22-17-25(32)30(7)21-11-12-23-27(3,4)24(31)14-15-28(23,5)20(21)13-16-29(22,30)6/h10-11,13,18,22-25,31-32H,8-9,12,14-17H2,1-7H3,(H,33,34)/b19-10+. The van der Waals surface area contributed by atoms with E-state index in [0.29, 0.717) is 23.3 Å². The van der Waals surface area contributed by atoms with Crippen LogP contribution in [0, 0.1) is 39.4 Å². The minimum atomic E-state index is -0.845. The summed E-state index contributed by atoms with van der Waals surface area (Å²) in [6.07, 6.45) is 12.4. The van der Waals surface area contributed by atoms with Gasteiger partial charge in [0.15, 0.2) is 0 Å². The first-order valence-electron chi connectivity index (χ1n) is 13.4. The summed E-state index contributed by atoms with van der Waals surface area (Å²) in [4.78, 5) is 11.1. The van der Waals surface area contributed by atoms with Gasteiger partial charge in [-0.2, -0.15) is 0 Å². The lowest BCUT2D eigenvalue weighted by Crippen LogP contribution is -2.55. The second-order valence-electron chi connectivity index (χ2n) is 13.2. The summed E-state index contributed by atoms with van der Waals surface area (Å²) in [7, 11) is 0. The van der Waals surface area contributed by atoms with Crippen LogP contribution in [0.25, 0.3) is 0 Å². The molecule has 0 saturated heterocycles. The van der Waals surface area contributed by atoms with Gasteiger partial charge in [0.25, 0.3) is 0 Å². The molecule has 0 amide bonds. The molecule has 0 aromatic heterocycles. The number of carboxylic acids is 1. The van der Waals surface area contributed by atoms with Crippen LogP contribution in [0.3, 0.4) is 0 Å². The minimum absolute atomic E-state index is 0.0282. The van der Waals surface area contributed by atoms with E-state index in [9.17, 15) is 15.0 Å². The maximum atomic E-state index is 11.6. The SMILES string of the molecule is C/C(=C\CCC(C)C1CC(O)C2(C)C3=CCC4C(C)(CCC(O)C4(C)C)C3=CCC12C)C(=O)O. The lowest BCUT2D eigenvalue weighted by molar-refractivity contribution is -0.132. The van der Waals surface area contributed by atoms with Gasteiger partial charge in [0.1, 0.15) is 0 Å². The highest BCUT2D eigenvalue weighted by Gasteiger charge is 2.66. The fourth-order valence-corrected chi connectivity index (χ4v) is 8.79. The van der Waals surface area contributed by atoms with Crippen molar-refractivity contribution < 1.29 is 20.1 Å². The molecule has 0 aromatic carbocycles. The summed E-state index contributed by atoms with van der Waals surface area (Å²) < 4.78 is 0. The third-order valence-electron chi connectivity index (χ3n) is 11.5. The number of aliphatic hydroxyl groups is 2. The maximum absolute atomic E-state index is 11.6. The van der Waals surface area contributed by atoms with Crippen molar-refractivity contribution in [3.05, 3.63) is 34.9 Å². The van der Waals surface area contributed by atoms with Crippen LogP contribution in [-0.4, -0.2) is 33.5 Å². The zero-order valence-electron chi connectivity index (χ0n) is 22.3. The van der Waals surface area contributed by atoms with Crippen LogP contribution in [0.15, 0.2) is 34.9 Å². The van der Waals surface area contributed by atoms with Gasteiger partial charge >= 0.3 is 5.97 Å². The molecule has 190 valence electrons. The highest BCUT2D eigenvalue weighted by atomic mass is 16.4. The largest absolute Gasteiger partial charge is 0.478 e. The molecule has 8 unspecified atom stereocenters. The number of hydrogen-bond acceptors (Lipinski definition) is 3. The van der Waals surface area contributed by atoms with E-state index in [-0.39, 0.29) is 33.9 Å². The Morgan fingerprint density at radius 1 is 1.12 bits per heavy atom. The molecule has 3 N–H and O–H groups in total. The molecule has 2 saturated carbocycles. The van der Waals surface area contributed by atoms with E-state index < -0.39 is 5.97 Å².